The van der Waals surface area contributed by atoms with E-state index in [1.54, 1.807) is 37.3 Å². The molecule has 0 spiro atoms. The number of carbonyl (C=O) groups is 1. The number of aliphatic carboxylic acids is 1. The second-order valence-corrected chi connectivity index (χ2v) is 7.71. The minimum absolute atomic E-state index is 0.289. The molecule has 8 nitrogen and oxygen atoms in total. The number of carboxylic acid groups (broad SMARTS) is 1. The molecular formula is C23H22BrN3O5. The van der Waals surface area contributed by atoms with E-state index in [1.165, 1.54) is 10.9 Å². The SMILES string of the molecule is C=CCc1cc(C=Nn2c(C)nc3ccc(Br)cc3c2=O)cc(OCC)c1OCC(=O)O. The number of halogens is 1. The zero-order chi connectivity index (χ0) is 23.3. The highest BCUT2D eigenvalue weighted by Gasteiger charge is 2.15. The summed E-state index contributed by atoms with van der Waals surface area (Å²) in [6.07, 6.45) is 3.64. The third-order valence-corrected chi connectivity index (χ3v) is 4.94. The number of hydrogen-bond acceptors (Lipinski definition) is 6. The van der Waals surface area contributed by atoms with Crippen LogP contribution in [0, 0.1) is 6.92 Å². The number of aromatic nitrogens is 2. The minimum atomic E-state index is -1.09. The molecule has 9 heteroatoms. The molecule has 0 unspecified atom stereocenters. The van der Waals surface area contributed by atoms with Crippen LogP contribution in [0.25, 0.3) is 10.9 Å². The lowest BCUT2D eigenvalue weighted by Crippen LogP contribution is -2.20. The Morgan fingerprint density at radius 1 is 1.31 bits per heavy atom. The Hall–Kier alpha value is -3.46. The summed E-state index contributed by atoms with van der Waals surface area (Å²) >= 11 is 3.37. The molecule has 3 aromatic rings. The highest BCUT2D eigenvalue weighted by molar-refractivity contribution is 9.10. The topological polar surface area (TPSA) is 103 Å². The first-order valence-corrected chi connectivity index (χ1v) is 10.6. The van der Waals surface area contributed by atoms with Crippen LogP contribution in [-0.2, 0) is 11.2 Å². The van der Waals surface area contributed by atoms with Crippen molar-refractivity contribution < 1.29 is 19.4 Å². The standard InChI is InChI=1S/C23H22BrN3O5/c1-4-6-16-9-15(10-20(31-5-2)22(16)32-13-21(28)29)12-25-27-14(3)26-19-8-7-17(24)11-18(19)23(27)30/h4,7-12H,1,5-6,13H2,2-3H3,(H,28,29). The fourth-order valence-electron chi connectivity index (χ4n) is 3.15. The molecule has 3 rings (SSSR count). The Morgan fingerprint density at radius 2 is 2.09 bits per heavy atom. The quantitative estimate of drug-likeness (QED) is 0.353. The molecule has 1 heterocycles. The first kappa shape index (κ1) is 23.2. The molecule has 0 amide bonds. The van der Waals surface area contributed by atoms with Crippen LogP contribution in [0.3, 0.4) is 0 Å². The average molecular weight is 500 g/mol. The molecule has 0 bridgehead atoms. The van der Waals surface area contributed by atoms with Crippen molar-refractivity contribution in [2.75, 3.05) is 13.2 Å². The Morgan fingerprint density at radius 3 is 2.78 bits per heavy atom. The van der Waals surface area contributed by atoms with E-state index in [4.69, 9.17) is 14.6 Å². The second kappa shape index (κ2) is 10.2. The van der Waals surface area contributed by atoms with Gasteiger partial charge in [0.2, 0.25) is 0 Å². The van der Waals surface area contributed by atoms with Crippen molar-refractivity contribution in [2.45, 2.75) is 20.3 Å². The van der Waals surface area contributed by atoms with Crippen molar-refractivity contribution >= 4 is 39.0 Å². The molecule has 1 N–H and O–H groups in total. The number of allylic oxidation sites excluding steroid dienone is 1. The van der Waals surface area contributed by atoms with Crippen LogP contribution < -0.4 is 15.0 Å². The predicted octanol–water partition coefficient (Wildman–Crippen LogP) is 3.94. The summed E-state index contributed by atoms with van der Waals surface area (Å²) in [7, 11) is 0. The van der Waals surface area contributed by atoms with Crippen LogP contribution in [0.5, 0.6) is 11.5 Å². The number of carboxylic acids is 1. The molecule has 0 aliphatic rings. The highest BCUT2D eigenvalue weighted by Crippen LogP contribution is 2.33. The van der Waals surface area contributed by atoms with E-state index in [1.807, 2.05) is 13.0 Å². The van der Waals surface area contributed by atoms with Gasteiger partial charge in [-0.25, -0.2) is 9.78 Å². The van der Waals surface area contributed by atoms with Gasteiger partial charge in [0.25, 0.3) is 5.56 Å². The van der Waals surface area contributed by atoms with Gasteiger partial charge in [0.1, 0.15) is 5.82 Å². The number of aryl methyl sites for hydroxylation is 1. The fraction of sp³-hybridized carbons (Fsp3) is 0.217. The lowest BCUT2D eigenvalue weighted by atomic mass is 10.1. The lowest BCUT2D eigenvalue weighted by molar-refractivity contribution is -0.139. The van der Waals surface area contributed by atoms with Gasteiger partial charge in [-0.05, 0) is 56.2 Å². The predicted molar refractivity (Wildman–Crippen MR) is 126 cm³/mol. The Kier molecular flexibility index (Phi) is 7.42. The van der Waals surface area contributed by atoms with Crippen molar-refractivity contribution in [2.24, 2.45) is 5.10 Å². The van der Waals surface area contributed by atoms with Gasteiger partial charge in [-0.1, -0.05) is 22.0 Å². The maximum Gasteiger partial charge on any atom is 0.341 e. The molecule has 0 saturated heterocycles. The van der Waals surface area contributed by atoms with E-state index in [-0.39, 0.29) is 5.56 Å². The van der Waals surface area contributed by atoms with Gasteiger partial charge in [0.05, 0.1) is 23.7 Å². The van der Waals surface area contributed by atoms with Gasteiger partial charge in [-0.15, -0.1) is 6.58 Å². The van der Waals surface area contributed by atoms with Gasteiger partial charge in [-0.2, -0.15) is 9.78 Å². The molecule has 0 atom stereocenters. The van der Waals surface area contributed by atoms with Crippen LogP contribution in [0.15, 0.2) is 57.4 Å². The molecule has 0 radical (unpaired) electrons. The molecule has 2 aromatic carbocycles. The molecule has 0 aliphatic carbocycles. The van der Waals surface area contributed by atoms with Crippen molar-refractivity contribution in [1.82, 2.24) is 9.66 Å². The molecule has 0 fully saturated rings. The van der Waals surface area contributed by atoms with E-state index in [0.717, 1.165) is 4.47 Å². The number of nitrogens with zero attached hydrogens (tertiary/aromatic N) is 3. The van der Waals surface area contributed by atoms with E-state index in [0.29, 0.717) is 52.4 Å². The lowest BCUT2D eigenvalue weighted by Gasteiger charge is -2.15. The maximum atomic E-state index is 12.9. The molecule has 0 aliphatic heterocycles. The Labute approximate surface area is 192 Å². The monoisotopic (exact) mass is 499 g/mol. The van der Waals surface area contributed by atoms with Crippen LogP contribution in [0.1, 0.15) is 23.9 Å². The van der Waals surface area contributed by atoms with Gasteiger partial charge >= 0.3 is 5.97 Å². The number of ether oxygens (including phenoxy) is 2. The minimum Gasteiger partial charge on any atom is -0.490 e. The summed E-state index contributed by atoms with van der Waals surface area (Å²) in [6, 6.07) is 8.78. The summed E-state index contributed by atoms with van der Waals surface area (Å²) in [6.45, 7) is 7.13. The number of hydrogen-bond donors (Lipinski definition) is 1. The summed E-state index contributed by atoms with van der Waals surface area (Å²) in [5.41, 5.74) is 1.64. The van der Waals surface area contributed by atoms with Gasteiger partial charge in [0, 0.05) is 10.0 Å². The van der Waals surface area contributed by atoms with E-state index < -0.39 is 12.6 Å². The summed E-state index contributed by atoms with van der Waals surface area (Å²) < 4.78 is 13.1. The largest absolute Gasteiger partial charge is 0.490 e. The summed E-state index contributed by atoms with van der Waals surface area (Å²) in [4.78, 5) is 28.4. The normalized spacial score (nSPS) is 11.1. The van der Waals surface area contributed by atoms with Crippen LogP contribution in [0.2, 0.25) is 0 Å². The summed E-state index contributed by atoms with van der Waals surface area (Å²) in [5.74, 6) is 0.0859. The van der Waals surface area contributed by atoms with Crippen molar-refractivity contribution in [3.63, 3.8) is 0 Å². The average Bonchev–Trinajstić information content (AvgIpc) is 2.74. The fourth-order valence-corrected chi connectivity index (χ4v) is 3.51. The van der Waals surface area contributed by atoms with Crippen LogP contribution in [-0.4, -0.2) is 40.2 Å². The van der Waals surface area contributed by atoms with Gasteiger partial charge in [-0.3, -0.25) is 4.79 Å². The zero-order valence-electron chi connectivity index (χ0n) is 17.7. The van der Waals surface area contributed by atoms with Crippen molar-refractivity contribution in [3.8, 4) is 11.5 Å². The maximum absolute atomic E-state index is 12.9. The first-order chi connectivity index (χ1) is 15.3. The van der Waals surface area contributed by atoms with E-state index in [9.17, 15) is 9.59 Å². The smallest absolute Gasteiger partial charge is 0.341 e. The van der Waals surface area contributed by atoms with Crippen LogP contribution >= 0.6 is 15.9 Å². The number of benzene rings is 2. The van der Waals surface area contributed by atoms with E-state index in [2.05, 4.69) is 32.6 Å². The zero-order valence-corrected chi connectivity index (χ0v) is 19.3. The van der Waals surface area contributed by atoms with E-state index >= 15 is 0 Å². The van der Waals surface area contributed by atoms with Crippen molar-refractivity contribution in [3.05, 3.63) is 74.8 Å². The molecular weight excluding hydrogens is 478 g/mol. The molecule has 166 valence electrons. The molecule has 1 aromatic heterocycles. The highest BCUT2D eigenvalue weighted by atomic mass is 79.9. The summed E-state index contributed by atoms with van der Waals surface area (Å²) in [5, 5.41) is 13.8. The van der Waals surface area contributed by atoms with Gasteiger partial charge < -0.3 is 14.6 Å². The first-order valence-electron chi connectivity index (χ1n) is 9.82. The third kappa shape index (κ3) is 5.23. The Balaban J connectivity index is 2.07. The van der Waals surface area contributed by atoms with Crippen LogP contribution in [0.4, 0.5) is 0 Å². The van der Waals surface area contributed by atoms with Crippen molar-refractivity contribution in [1.29, 1.82) is 0 Å². The number of rotatable bonds is 9. The molecule has 32 heavy (non-hydrogen) atoms. The Bertz CT molecular complexity index is 1270. The third-order valence-electron chi connectivity index (χ3n) is 4.45. The molecule has 0 saturated carbocycles. The second-order valence-electron chi connectivity index (χ2n) is 6.80. The van der Waals surface area contributed by atoms with Gasteiger partial charge in [0.15, 0.2) is 18.1 Å². The number of fused-ring (bicyclic) bond motifs is 1.